The Morgan fingerprint density at radius 3 is 2.58 bits per heavy atom. The van der Waals surface area contributed by atoms with E-state index in [2.05, 4.69) is 15.0 Å². The second-order valence-corrected chi connectivity index (χ2v) is 8.34. The fraction of sp³-hybridized carbons (Fsp3) is 0.154. The van der Waals surface area contributed by atoms with Crippen molar-refractivity contribution in [3.8, 4) is 0 Å². The maximum absolute atomic E-state index is 13.3. The van der Waals surface area contributed by atoms with Crippen LogP contribution < -0.4 is 4.90 Å². The molecule has 7 nitrogen and oxygen atoms in total. The monoisotopic (exact) mass is 438 g/mol. The van der Waals surface area contributed by atoms with Crippen molar-refractivity contribution in [3.63, 3.8) is 0 Å². The largest absolute Gasteiger partial charge is 0.507 e. The second kappa shape index (κ2) is 7.70. The van der Waals surface area contributed by atoms with E-state index in [1.54, 1.807) is 30.6 Å². The van der Waals surface area contributed by atoms with Crippen LogP contribution in [0.1, 0.15) is 33.9 Å². The summed E-state index contributed by atoms with van der Waals surface area (Å²) >= 11 is 0. The number of benzene rings is 2. The number of ketones is 1. The number of hydrogen-bond donors (Lipinski definition) is 2. The third-order valence-electron chi connectivity index (χ3n) is 6.08. The highest BCUT2D eigenvalue weighted by Gasteiger charge is 2.48. The number of aryl methyl sites for hydroxylation is 3. The number of anilines is 1. The Kier molecular flexibility index (Phi) is 4.82. The number of aliphatic hydroxyl groups excluding tert-OH is 1. The number of fused-ring (bicyclic) bond motifs is 1. The molecule has 1 saturated heterocycles. The minimum Gasteiger partial charge on any atom is -0.507 e. The van der Waals surface area contributed by atoms with Crippen LogP contribution in [0.25, 0.3) is 16.8 Å². The van der Waals surface area contributed by atoms with E-state index in [1.165, 1.54) is 4.90 Å². The molecule has 1 amide bonds. The van der Waals surface area contributed by atoms with Gasteiger partial charge >= 0.3 is 5.91 Å². The number of nitrogens with zero attached hydrogens (tertiary/aromatic N) is 3. The molecule has 3 heterocycles. The van der Waals surface area contributed by atoms with Gasteiger partial charge in [0, 0.05) is 18.0 Å². The Bertz CT molecular complexity index is 1450. The number of H-pyrrole nitrogens is 1. The van der Waals surface area contributed by atoms with Gasteiger partial charge in [0.1, 0.15) is 5.76 Å². The smallest absolute Gasteiger partial charge is 0.302 e. The highest BCUT2D eigenvalue weighted by atomic mass is 16.3. The van der Waals surface area contributed by atoms with Crippen molar-refractivity contribution in [2.24, 2.45) is 0 Å². The number of nitrogens with one attached hydrogen (secondary N) is 1. The number of aliphatic hydroxyl groups is 1. The number of pyridine rings is 1. The Morgan fingerprint density at radius 1 is 1.03 bits per heavy atom. The number of aromatic amines is 1. The molecule has 0 saturated carbocycles. The van der Waals surface area contributed by atoms with Crippen molar-refractivity contribution in [2.75, 3.05) is 4.90 Å². The molecule has 2 N–H and O–H groups in total. The van der Waals surface area contributed by atoms with E-state index in [4.69, 9.17) is 0 Å². The van der Waals surface area contributed by atoms with E-state index in [0.717, 1.165) is 22.2 Å². The molecule has 0 radical (unpaired) electrons. The summed E-state index contributed by atoms with van der Waals surface area (Å²) in [5, 5.41) is 11.2. The quantitative estimate of drug-likeness (QED) is 0.279. The first kappa shape index (κ1) is 20.6. The number of imidazole rings is 1. The van der Waals surface area contributed by atoms with Gasteiger partial charge in [-0.3, -0.25) is 19.5 Å². The topological polar surface area (TPSA) is 99.2 Å². The van der Waals surface area contributed by atoms with E-state index < -0.39 is 17.7 Å². The van der Waals surface area contributed by atoms with Crippen LogP contribution in [0.3, 0.4) is 0 Å². The average Bonchev–Trinajstić information content (AvgIpc) is 3.33. The molecule has 1 aliphatic rings. The summed E-state index contributed by atoms with van der Waals surface area (Å²) in [5.41, 5.74) is 5.59. The molecule has 1 aliphatic heterocycles. The van der Waals surface area contributed by atoms with E-state index in [0.29, 0.717) is 16.6 Å². The molecular formula is C26H22N4O3. The molecule has 1 atom stereocenters. The third-order valence-corrected chi connectivity index (χ3v) is 6.08. The van der Waals surface area contributed by atoms with Gasteiger partial charge in [-0.05, 0) is 67.3 Å². The van der Waals surface area contributed by atoms with E-state index in [1.807, 2.05) is 51.1 Å². The molecule has 0 aliphatic carbocycles. The van der Waals surface area contributed by atoms with Crippen molar-refractivity contribution in [1.29, 1.82) is 0 Å². The van der Waals surface area contributed by atoms with Crippen LogP contribution in [-0.2, 0) is 9.59 Å². The standard InChI is InChI=1S/C26H22N4O3/c1-14-6-9-19-20(11-14)29-26(28-19)30-22(18-5-4-10-27-13-18)21(24(32)25(30)33)23(31)17-8-7-15(2)16(3)12-17/h4-13,22,31H,1-3H3,(H,28,29)/b23-21+. The molecule has 33 heavy (non-hydrogen) atoms. The van der Waals surface area contributed by atoms with Gasteiger partial charge in [-0.25, -0.2) is 4.98 Å². The lowest BCUT2D eigenvalue weighted by Crippen LogP contribution is -2.30. The van der Waals surface area contributed by atoms with Crippen molar-refractivity contribution < 1.29 is 14.7 Å². The lowest BCUT2D eigenvalue weighted by atomic mass is 9.95. The normalized spacial score (nSPS) is 17.8. The number of aromatic nitrogens is 3. The first-order valence-corrected chi connectivity index (χ1v) is 10.6. The van der Waals surface area contributed by atoms with E-state index >= 15 is 0 Å². The Hall–Kier alpha value is -4.26. The molecule has 4 aromatic rings. The summed E-state index contributed by atoms with van der Waals surface area (Å²) in [4.78, 5) is 39.7. The molecule has 2 aromatic carbocycles. The van der Waals surface area contributed by atoms with Gasteiger partial charge in [0.25, 0.3) is 5.78 Å². The molecule has 1 fully saturated rings. The van der Waals surface area contributed by atoms with E-state index in [-0.39, 0.29) is 17.3 Å². The second-order valence-electron chi connectivity index (χ2n) is 8.34. The van der Waals surface area contributed by atoms with Gasteiger partial charge < -0.3 is 10.1 Å². The summed E-state index contributed by atoms with van der Waals surface area (Å²) in [5.74, 6) is -1.51. The maximum Gasteiger partial charge on any atom is 0.302 e. The molecule has 164 valence electrons. The zero-order valence-corrected chi connectivity index (χ0v) is 18.5. The molecule has 0 spiro atoms. The highest BCUT2D eigenvalue weighted by Crippen LogP contribution is 2.41. The summed E-state index contributed by atoms with van der Waals surface area (Å²) in [6, 6.07) is 13.8. The van der Waals surface area contributed by atoms with Crippen molar-refractivity contribution in [2.45, 2.75) is 26.8 Å². The van der Waals surface area contributed by atoms with Gasteiger partial charge in [-0.15, -0.1) is 0 Å². The molecular weight excluding hydrogens is 416 g/mol. The number of rotatable bonds is 3. The fourth-order valence-electron chi connectivity index (χ4n) is 4.17. The van der Waals surface area contributed by atoms with Crippen LogP contribution >= 0.6 is 0 Å². The summed E-state index contributed by atoms with van der Waals surface area (Å²) in [6.45, 7) is 5.86. The highest BCUT2D eigenvalue weighted by molar-refractivity contribution is 6.51. The summed E-state index contributed by atoms with van der Waals surface area (Å²) < 4.78 is 0. The molecule has 0 bridgehead atoms. The zero-order valence-electron chi connectivity index (χ0n) is 18.5. The minimum absolute atomic E-state index is 0.00731. The Morgan fingerprint density at radius 2 is 1.85 bits per heavy atom. The average molecular weight is 438 g/mol. The molecule has 7 heteroatoms. The number of Topliss-reactive ketones (excluding diaryl/α,β-unsaturated/α-hetero) is 1. The SMILES string of the molecule is Cc1ccc2nc(N3C(=O)C(=O)/C(=C(/O)c4ccc(C)c(C)c4)C3c3cccnc3)[nH]c2c1. The van der Waals surface area contributed by atoms with Crippen LogP contribution in [0.2, 0.25) is 0 Å². The predicted molar refractivity (Wildman–Crippen MR) is 126 cm³/mol. The third kappa shape index (κ3) is 3.38. The number of carbonyl (C=O) groups is 2. The molecule has 1 unspecified atom stereocenters. The van der Waals surface area contributed by atoms with Gasteiger partial charge in [-0.1, -0.05) is 24.3 Å². The van der Waals surface area contributed by atoms with Gasteiger partial charge in [0.05, 0.1) is 22.6 Å². The van der Waals surface area contributed by atoms with E-state index in [9.17, 15) is 14.7 Å². The van der Waals surface area contributed by atoms with Gasteiger partial charge in [0.2, 0.25) is 5.95 Å². The predicted octanol–water partition coefficient (Wildman–Crippen LogP) is 4.51. The van der Waals surface area contributed by atoms with Crippen LogP contribution in [0.15, 0.2) is 66.5 Å². The van der Waals surface area contributed by atoms with Crippen molar-refractivity contribution >= 4 is 34.4 Å². The van der Waals surface area contributed by atoms with Crippen LogP contribution in [-0.4, -0.2) is 31.7 Å². The number of amides is 1. The fourth-order valence-corrected chi connectivity index (χ4v) is 4.17. The van der Waals surface area contributed by atoms with Gasteiger partial charge in [0.15, 0.2) is 0 Å². The van der Waals surface area contributed by atoms with Crippen molar-refractivity contribution in [3.05, 3.63) is 94.3 Å². The Labute approximate surface area is 190 Å². The number of carbonyl (C=O) groups excluding carboxylic acids is 2. The van der Waals surface area contributed by atoms with Crippen molar-refractivity contribution in [1.82, 2.24) is 15.0 Å². The van der Waals surface area contributed by atoms with Gasteiger partial charge in [-0.2, -0.15) is 0 Å². The molecule has 5 rings (SSSR count). The van der Waals surface area contributed by atoms with Crippen LogP contribution in [0, 0.1) is 20.8 Å². The lowest BCUT2D eigenvalue weighted by Gasteiger charge is -2.22. The first-order valence-electron chi connectivity index (χ1n) is 10.6. The van der Waals surface area contributed by atoms with Crippen LogP contribution in [0.5, 0.6) is 0 Å². The van der Waals surface area contributed by atoms with Crippen LogP contribution in [0.4, 0.5) is 5.95 Å². The number of hydrogen-bond acceptors (Lipinski definition) is 5. The summed E-state index contributed by atoms with van der Waals surface area (Å²) in [7, 11) is 0. The maximum atomic E-state index is 13.3. The first-order chi connectivity index (χ1) is 15.8. The lowest BCUT2D eigenvalue weighted by molar-refractivity contribution is -0.132. The zero-order chi connectivity index (χ0) is 23.3. The summed E-state index contributed by atoms with van der Waals surface area (Å²) in [6.07, 6.45) is 3.20. The minimum atomic E-state index is -0.873. The Balaban J connectivity index is 1.73. The molecule has 2 aromatic heterocycles.